The quantitative estimate of drug-likeness (QED) is 0.794. The number of amides is 3. The summed E-state index contributed by atoms with van der Waals surface area (Å²) < 4.78 is 0.936. The third-order valence-corrected chi connectivity index (χ3v) is 3.33. The molecular weight excluding hydrogens is 334 g/mol. The Morgan fingerprint density at radius 3 is 2.19 bits per heavy atom. The molecule has 0 aliphatic carbocycles. The van der Waals surface area contributed by atoms with Crippen molar-refractivity contribution in [1.82, 2.24) is 5.32 Å². The summed E-state index contributed by atoms with van der Waals surface area (Å²) in [5.41, 5.74) is 6.51. The lowest BCUT2D eigenvalue weighted by Crippen LogP contribution is -2.40. The number of carbonyl (C=O) groups is 2. The van der Waals surface area contributed by atoms with E-state index in [9.17, 15) is 9.59 Å². The summed E-state index contributed by atoms with van der Waals surface area (Å²) in [7, 11) is 0. The molecule has 0 saturated carbocycles. The zero-order valence-electron chi connectivity index (χ0n) is 11.0. The Hall–Kier alpha value is -2.34. The van der Waals surface area contributed by atoms with E-state index in [1.54, 1.807) is 12.1 Å². The molecule has 6 heteroatoms. The Kier molecular flexibility index (Phi) is 4.94. The Bertz CT molecular complexity index is 629. The molecule has 2 aromatic rings. The Labute approximate surface area is 130 Å². The van der Waals surface area contributed by atoms with Gasteiger partial charge in [-0.25, -0.2) is 4.79 Å². The standard InChI is InChI=1S/C15H14BrN3O2/c16-11-6-8-12(9-7-11)18-13(14(20)19-15(17)21)10-4-2-1-3-5-10/h1-9,13,18H,(H3,17,19,20,21)/t13-/m1/s1. The highest BCUT2D eigenvalue weighted by Crippen LogP contribution is 2.21. The van der Waals surface area contributed by atoms with Crippen LogP contribution in [0.25, 0.3) is 0 Å². The second kappa shape index (κ2) is 6.90. The van der Waals surface area contributed by atoms with Gasteiger partial charge in [0.25, 0.3) is 5.91 Å². The van der Waals surface area contributed by atoms with Crippen LogP contribution in [0.4, 0.5) is 10.5 Å². The van der Waals surface area contributed by atoms with Crippen LogP contribution in [0.3, 0.4) is 0 Å². The molecule has 5 nitrogen and oxygen atoms in total. The van der Waals surface area contributed by atoms with Gasteiger partial charge < -0.3 is 11.1 Å². The van der Waals surface area contributed by atoms with E-state index < -0.39 is 18.0 Å². The van der Waals surface area contributed by atoms with E-state index >= 15 is 0 Å². The van der Waals surface area contributed by atoms with E-state index in [2.05, 4.69) is 26.6 Å². The van der Waals surface area contributed by atoms with Crippen LogP contribution in [0.2, 0.25) is 0 Å². The summed E-state index contributed by atoms with van der Waals surface area (Å²) in [6.45, 7) is 0. The van der Waals surface area contributed by atoms with E-state index in [4.69, 9.17) is 5.73 Å². The van der Waals surface area contributed by atoms with Gasteiger partial charge >= 0.3 is 6.03 Å². The number of halogens is 1. The van der Waals surface area contributed by atoms with Gasteiger partial charge in [0, 0.05) is 10.2 Å². The topological polar surface area (TPSA) is 84.2 Å². The number of urea groups is 1. The highest BCUT2D eigenvalue weighted by atomic mass is 79.9. The van der Waals surface area contributed by atoms with Gasteiger partial charge in [0.15, 0.2) is 0 Å². The molecule has 0 saturated heterocycles. The molecule has 3 amide bonds. The number of nitrogens with two attached hydrogens (primary N) is 1. The van der Waals surface area contributed by atoms with Gasteiger partial charge in [-0.3, -0.25) is 10.1 Å². The van der Waals surface area contributed by atoms with E-state index in [0.29, 0.717) is 0 Å². The van der Waals surface area contributed by atoms with Crippen LogP contribution in [0.5, 0.6) is 0 Å². The highest BCUT2D eigenvalue weighted by Gasteiger charge is 2.21. The first-order chi connectivity index (χ1) is 10.1. The monoisotopic (exact) mass is 347 g/mol. The van der Waals surface area contributed by atoms with Gasteiger partial charge in [-0.1, -0.05) is 46.3 Å². The van der Waals surface area contributed by atoms with Crippen LogP contribution >= 0.6 is 15.9 Å². The fraction of sp³-hybridized carbons (Fsp3) is 0.0667. The van der Waals surface area contributed by atoms with Gasteiger partial charge in [-0.15, -0.1) is 0 Å². The summed E-state index contributed by atoms with van der Waals surface area (Å²) in [4.78, 5) is 23.0. The second-order valence-corrected chi connectivity index (χ2v) is 5.26. The third-order valence-electron chi connectivity index (χ3n) is 2.80. The molecule has 0 radical (unpaired) electrons. The van der Waals surface area contributed by atoms with Crippen molar-refractivity contribution in [2.45, 2.75) is 6.04 Å². The van der Waals surface area contributed by atoms with E-state index in [1.165, 1.54) is 0 Å². The number of hydrogen-bond acceptors (Lipinski definition) is 3. The van der Waals surface area contributed by atoms with Gasteiger partial charge in [-0.05, 0) is 29.8 Å². The normalized spacial score (nSPS) is 11.5. The molecule has 0 bridgehead atoms. The summed E-state index contributed by atoms with van der Waals surface area (Å²) >= 11 is 3.35. The number of nitrogens with one attached hydrogen (secondary N) is 2. The first-order valence-corrected chi connectivity index (χ1v) is 7.03. The molecule has 2 aromatic carbocycles. The lowest BCUT2D eigenvalue weighted by atomic mass is 10.1. The highest BCUT2D eigenvalue weighted by molar-refractivity contribution is 9.10. The maximum atomic E-state index is 12.1. The van der Waals surface area contributed by atoms with Crippen LogP contribution in [0.1, 0.15) is 11.6 Å². The minimum Gasteiger partial charge on any atom is -0.370 e. The lowest BCUT2D eigenvalue weighted by molar-refractivity contribution is -0.120. The number of carbonyl (C=O) groups excluding carboxylic acids is 2. The SMILES string of the molecule is NC(=O)NC(=O)[C@H](Nc1ccc(Br)cc1)c1ccccc1. The fourth-order valence-electron chi connectivity index (χ4n) is 1.85. The minimum absolute atomic E-state index is 0.503. The number of benzene rings is 2. The van der Waals surface area contributed by atoms with Gasteiger partial charge in [0.2, 0.25) is 0 Å². The average molecular weight is 348 g/mol. The summed E-state index contributed by atoms with van der Waals surface area (Å²) in [6, 6.07) is 14.9. The van der Waals surface area contributed by atoms with Crippen LogP contribution < -0.4 is 16.4 Å². The van der Waals surface area contributed by atoms with Gasteiger partial charge in [0.05, 0.1) is 0 Å². The zero-order valence-corrected chi connectivity index (χ0v) is 12.6. The number of rotatable bonds is 4. The van der Waals surface area contributed by atoms with E-state index in [1.807, 2.05) is 42.5 Å². The molecule has 21 heavy (non-hydrogen) atoms. The molecular formula is C15H14BrN3O2. The van der Waals surface area contributed by atoms with E-state index in [-0.39, 0.29) is 0 Å². The lowest BCUT2D eigenvalue weighted by Gasteiger charge is -2.19. The molecule has 1 atom stereocenters. The number of primary amides is 1. The Morgan fingerprint density at radius 2 is 1.62 bits per heavy atom. The molecule has 0 spiro atoms. The summed E-state index contributed by atoms with van der Waals surface area (Å²) in [6.07, 6.45) is 0. The van der Waals surface area contributed by atoms with Gasteiger partial charge in [-0.2, -0.15) is 0 Å². The van der Waals surface area contributed by atoms with Crippen molar-refractivity contribution in [3.05, 3.63) is 64.6 Å². The smallest absolute Gasteiger partial charge is 0.318 e. The van der Waals surface area contributed by atoms with Crippen LogP contribution in [-0.4, -0.2) is 11.9 Å². The van der Waals surface area contributed by atoms with Crippen molar-refractivity contribution < 1.29 is 9.59 Å². The molecule has 0 aliphatic heterocycles. The molecule has 4 N–H and O–H groups in total. The maximum Gasteiger partial charge on any atom is 0.318 e. The fourth-order valence-corrected chi connectivity index (χ4v) is 2.12. The first-order valence-electron chi connectivity index (χ1n) is 6.23. The molecule has 0 unspecified atom stereocenters. The molecule has 0 fully saturated rings. The predicted octanol–water partition coefficient (Wildman–Crippen LogP) is 2.80. The third kappa shape index (κ3) is 4.32. The second-order valence-electron chi connectivity index (χ2n) is 4.35. The van der Waals surface area contributed by atoms with Gasteiger partial charge in [0.1, 0.15) is 6.04 Å². The van der Waals surface area contributed by atoms with Crippen molar-refractivity contribution in [2.24, 2.45) is 5.73 Å². The van der Waals surface area contributed by atoms with Crippen molar-refractivity contribution in [3.63, 3.8) is 0 Å². The number of anilines is 1. The predicted molar refractivity (Wildman–Crippen MR) is 84.7 cm³/mol. The first kappa shape index (κ1) is 15.1. The van der Waals surface area contributed by atoms with E-state index in [0.717, 1.165) is 15.7 Å². The van der Waals surface area contributed by atoms with Crippen LogP contribution in [0.15, 0.2) is 59.1 Å². The molecule has 2 rings (SSSR count). The molecule has 0 aliphatic rings. The van der Waals surface area contributed by atoms with Crippen molar-refractivity contribution in [2.75, 3.05) is 5.32 Å². The van der Waals surface area contributed by atoms with Crippen molar-refractivity contribution in [3.8, 4) is 0 Å². The maximum absolute atomic E-state index is 12.1. The molecule has 0 heterocycles. The number of hydrogen-bond donors (Lipinski definition) is 3. The van der Waals surface area contributed by atoms with Crippen molar-refractivity contribution in [1.29, 1.82) is 0 Å². The van der Waals surface area contributed by atoms with Crippen molar-refractivity contribution >= 4 is 33.6 Å². The van der Waals surface area contributed by atoms with Crippen LogP contribution in [0, 0.1) is 0 Å². The minimum atomic E-state index is -0.876. The summed E-state index contributed by atoms with van der Waals surface area (Å²) in [5, 5.41) is 5.19. The Morgan fingerprint density at radius 1 is 1.00 bits per heavy atom. The molecule has 0 aromatic heterocycles. The molecule has 108 valence electrons. The zero-order chi connectivity index (χ0) is 15.2. The van der Waals surface area contributed by atoms with Crippen LogP contribution in [-0.2, 0) is 4.79 Å². The summed E-state index contributed by atoms with van der Waals surface area (Å²) in [5.74, 6) is -0.503. The average Bonchev–Trinajstić information content (AvgIpc) is 2.46. The number of imide groups is 1. The largest absolute Gasteiger partial charge is 0.370 e. The Balaban J connectivity index is 2.25.